The molecule has 0 spiro atoms. The maximum atomic E-state index is 11.7. The first-order valence-electron chi connectivity index (χ1n) is 8.27. The Bertz CT molecular complexity index is 763. The molecule has 0 saturated heterocycles. The van der Waals surface area contributed by atoms with Crippen LogP contribution < -0.4 is 4.74 Å². The number of aromatic carboxylic acids is 1. The molecule has 0 unspecified atom stereocenters. The number of benzene rings is 2. The van der Waals surface area contributed by atoms with Crippen LogP contribution in [0.15, 0.2) is 48.6 Å². The number of rotatable bonds is 8. The van der Waals surface area contributed by atoms with Crippen molar-refractivity contribution in [2.75, 3.05) is 7.11 Å². The lowest BCUT2D eigenvalue weighted by Gasteiger charge is -2.16. The van der Waals surface area contributed by atoms with Gasteiger partial charge in [0.1, 0.15) is 17.1 Å². The zero-order valence-electron chi connectivity index (χ0n) is 14.7. The van der Waals surface area contributed by atoms with Crippen LogP contribution in [0.3, 0.4) is 0 Å². The molecule has 0 fully saturated rings. The Hall–Kier alpha value is -2.75. The van der Waals surface area contributed by atoms with Crippen molar-refractivity contribution in [3.05, 3.63) is 70.8 Å². The van der Waals surface area contributed by atoms with Crippen LogP contribution in [-0.4, -0.2) is 23.3 Å². The number of aromatic hydroxyl groups is 1. The molecular weight excluding hydrogens is 316 g/mol. The first kappa shape index (κ1) is 18.6. The fourth-order valence-electron chi connectivity index (χ4n) is 2.86. The van der Waals surface area contributed by atoms with Crippen molar-refractivity contribution in [3.63, 3.8) is 0 Å². The normalized spacial score (nSPS) is 10.5. The summed E-state index contributed by atoms with van der Waals surface area (Å²) in [6, 6.07) is 11.6. The van der Waals surface area contributed by atoms with E-state index in [4.69, 9.17) is 4.74 Å². The number of hydrogen-bond donors (Lipinski definition) is 2. The molecular formula is C21H24O4. The number of phenols is 1. The van der Waals surface area contributed by atoms with E-state index < -0.39 is 5.97 Å². The Labute approximate surface area is 148 Å². The number of carboxylic acids is 1. The number of allylic oxidation sites excluding steroid dienone is 1. The van der Waals surface area contributed by atoms with Crippen LogP contribution in [0.1, 0.15) is 40.4 Å². The Balaban J connectivity index is 2.39. The number of aryl methyl sites for hydroxylation is 2. The summed E-state index contributed by atoms with van der Waals surface area (Å²) in [7, 11) is 1.53. The van der Waals surface area contributed by atoms with Crippen molar-refractivity contribution >= 4 is 5.97 Å². The summed E-state index contributed by atoms with van der Waals surface area (Å²) in [4.78, 5) is 11.7. The Morgan fingerprint density at radius 3 is 2.40 bits per heavy atom. The van der Waals surface area contributed by atoms with Crippen molar-refractivity contribution in [1.29, 1.82) is 0 Å². The molecule has 0 heterocycles. The topological polar surface area (TPSA) is 66.8 Å². The summed E-state index contributed by atoms with van der Waals surface area (Å²) in [5.41, 5.74) is 3.14. The molecule has 2 aromatic carbocycles. The van der Waals surface area contributed by atoms with Gasteiger partial charge in [-0.3, -0.25) is 0 Å². The number of hydrogen-bond acceptors (Lipinski definition) is 3. The van der Waals surface area contributed by atoms with Crippen LogP contribution in [0.5, 0.6) is 11.5 Å². The van der Waals surface area contributed by atoms with Gasteiger partial charge in [0.25, 0.3) is 0 Å². The predicted molar refractivity (Wildman–Crippen MR) is 98.6 cm³/mol. The summed E-state index contributed by atoms with van der Waals surface area (Å²) in [5, 5.41) is 20.2. The SMILES string of the molecule is C=C(C)CCc1c(OC)cc(CCc2ccccc2)c(C(=O)O)c1O. The maximum Gasteiger partial charge on any atom is 0.339 e. The van der Waals surface area contributed by atoms with Crippen molar-refractivity contribution in [1.82, 2.24) is 0 Å². The number of methoxy groups -OCH3 is 1. The largest absolute Gasteiger partial charge is 0.507 e. The minimum Gasteiger partial charge on any atom is -0.507 e. The first-order chi connectivity index (χ1) is 11.9. The quantitative estimate of drug-likeness (QED) is 0.699. The summed E-state index contributed by atoms with van der Waals surface area (Å²) < 4.78 is 5.40. The summed E-state index contributed by atoms with van der Waals surface area (Å²) in [5.74, 6) is -0.803. The van der Waals surface area contributed by atoms with Gasteiger partial charge in [-0.2, -0.15) is 0 Å². The second-order valence-corrected chi connectivity index (χ2v) is 6.19. The van der Waals surface area contributed by atoms with E-state index in [1.807, 2.05) is 37.3 Å². The molecule has 132 valence electrons. The van der Waals surface area contributed by atoms with Crippen molar-refractivity contribution in [3.8, 4) is 11.5 Å². The van der Waals surface area contributed by atoms with Gasteiger partial charge in [-0.1, -0.05) is 35.9 Å². The molecule has 4 nitrogen and oxygen atoms in total. The highest BCUT2D eigenvalue weighted by molar-refractivity contribution is 5.93. The molecule has 2 aromatic rings. The molecule has 2 rings (SSSR count). The summed E-state index contributed by atoms with van der Waals surface area (Å²) >= 11 is 0. The standard InChI is InChI=1S/C21H24O4/c1-14(2)9-12-17-18(25-3)13-16(19(20(17)22)21(23)24)11-10-15-7-5-4-6-8-15/h4-8,13,22H,1,9-12H2,2-3H3,(H,23,24). The molecule has 0 aliphatic rings. The van der Waals surface area contributed by atoms with Gasteiger partial charge in [-0.05, 0) is 49.8 Å². The summed E-state index contributed by atoms with van der Waals surface area (Å²) in [6.45, 7) is 5.75. The van der Waals surface area contributed by atoms with Crippen LogP contribution in [-0.2, 0) is 19.3 Å². The predicted octanol–water partition coefficient (Wildman–Crippen LogP) is 4.39. The molecule has 0 aliphatic carbocycles. The van der Waals surface area contributed by atoms with E-state index in [-0.39, 0.29) is 11.3 Å². The Morgan fingerprint density at radius 1 is 1.16 bits per heavy atom. The molecule has 0 amide bonds. The van der Waals surface area contributed by atoms with Gasteiger partial charge in [-0.25, -0.2) is 4.79 Å². The summed E-state index contributed by atoms with van der Waals surface area (Å²) in [6.07, 6.45) is 2.35. The third kappa shape index (κ3) is 4.63. The van der Waals surface area contributed by atoms with Crippen molar-refractivity contribution in [2.24, 2.45) is 0 Å². The maximum absolute atomic E-state index is 11.7. The highest BCUT2D eigenvalue weighted by Gasteiger charge is 2.22. The zero-order valence-corrected chi connectivity index (χ0v) is 14.7. The molecule has 0 aromatic heterocycles. The minimum absolute atomic E-state index is 0.0338. The van der Waals surface area contributed by atoms with Gasteiger partial charge < -0.3 is 14.9 Å². The average molecular weight is 340 g/mol. The van der Waals surface area contributed by atoms with Gasteiger partial charge in [-0.15, -0.1) is 6.58 Å². The minimum atomic E-state index is -1.13. The van der Waals surface area contributed by atoms with Gasteiger partial charge >= 0.3 is 5.97 Å². The lowest BCUT2D eigenvalue weighted by Crippen LogP contribution is -2.08. The van der Waals surface area contributed by atoms with E-state index in [1.165, 1.54) is 7.11 Å². The van der Waals surface area contributed by atoms with E-state index in [0.29, 0.717) is 42.6 Å². The van der Waals surface area contributed by atoms with Crippen LogP contribution >= 0.6 is 0 Å². The van der Waals surface area contributed by atoms with E-state index in [1.54, 1.807) is 6.07 Å². The van der Waals surface area contributed by atoms with E-state index in [2.05, 4.69) is 6.58 Å². The zero-order chi connectivity index (χ0) is 18.4. The third-order valence-electron chi connectivity index (χ3n) is 4.21. The molecule has 0 atom stereocenters. The first-order valence-corrected chi connectivity index (χ1v) is 8.27. The van der Waals surface area contributed by atoms with Crippen LogP contribution in [0, 0.1) is 0 Å². The number of carboxylic acid groups (broad SMARTS) is 1. The number of ether oxygens (including phenoxy) is 1. The van der Waals surface area contributed by atoms with E-state index in [9.17, 15) is 15.0 Å². The Kier molecular flexibility index (Phi) is 6.23. The lowest BCUT2D eigenvalue weighted by atomic mass is 9.93. The van der Waals surface area contributed by atoms with E-state index >= 15 is 0 Å². The fraction of sp³-hybridized carbons (Fsp3) is 0.286. The smallest absolute Gasteiger partial charge is 0.339 e. The highest BCUT2D eigenvalue weighted by atomic mass is 16.5. The fourth-order valence-corrected chi connectivity index (χ4v) is 2.86. The monoisotopic (exact) mass is 340 g/mol. The third-order valence-corrected chi connectivity index (χ3v) is 4.21. The van der Waals surface area contributed by atoms with Gasteiger partial charge in [0.05, 0.1) is 7.11 Å². The Morgan fingerprint density at radius 2 is 1.84 bits per heavy atom. The lowest BCUT2D eigenvalue weighted by molar-refractivity contribution is 0.0692. The molecule has 0 aliphatic heterocycles. The second kappa shape index (κ2) is 8.38. The average Bonchev–Trinajstić information content (AvgIpc) is 2.58. The van der Waals surface area contributed by atoms with Crippen LogP contribution in [0.4, 0.5) is 0 Å². The molecule has 4 heteroatoms. The molecule has 0 bridgehead atoms. The second-order valence-electron chi connectivity index (χ2n) is 6.19. The van der Waals surface area contributed by atoms with Crippen molar-refractivity contribution in [2.45, 2.75) is 32.6 Å². The molecule has 0 saturated carbocycles. The van der Waals surface area contributed by atoms with Crippen LogP contribution in [0.25, 0.3) is 0 Å². The molecule has 25 heavy (non-hydrogen) atoms. The molecule has 2 N–H and O–H groups in total. The van der Waals surface area contributed by atoms with Gasteiger partial charge in [0, 0.05) is 5.56 Å². The van der Waals surface area contributed by atoms with E-state index in [0.717, 1.165) is 11.1 Å². The highest BCUT2D eigenvalue weighted by Crippen LogP contribution is 2.36. The molecule has 0 radical (unpaired) electrons. The van der Waals surface area contributed by atoms with Gasteiger partial charge in [0.2, 0.25) is 0 Å². The van der Waals surface area contributed by atoms with Crippen molar-refractivity contribution < 1.29 is 19.7 Å². The number of carbonyl (C=O) groups is 1. The van der Waals surface area contributed by atoms with Gasteiger partial charge in [0.15, 0.2) is 0 Å². The van der Waals surface area contributed by atoms with Crippen LogP contribution in [0.2, 0.25) is 0 Å².